The highest BCUT2D eigenvalue weighted by atomic mass is 16.2. The van der Waals surface area contributed by atoms with Gasteiger partial charge in [-0.2, -0.15) is 5.10 Å². The maximum Gasteiger partial charge on any atom is 0.250 e. The summed E-state index contributed by atoms with van der Waals surface area (Å²) in [7, 11) is 4.33. The number of likely N-dealkylation sites (N-methyl/N-ethyl adjacent to an activating group) is 1. The zero-order valence-corrected chi connectivity index (χ0v) is 22.5. The molecule has 2 spiro atoms. The fourth-order valence-electron chi connectivity index (χ4n) is 8.08. The SMILES string of the molecule is Cc1ccc(C2NN=C3C2CN(C)C[C@@]32[C@H](c3ccc(C)cc3)CN(C)[C@]23C(=O)Nc2ccccc23)cc1. The van der Waals surface area contributed by atoms with Gasteiger partial charge in [0, 0.05) is 42.7 Å². The number of benzene rings is 3. The average molecular weight is 506 g/mol. The predicted octanol–water partition coefficient (Wildman–Crippen LogP) is 4.43. The molecule has 3 aromatic rings. The van der Waals surface area contributed by atoms with E-state index in [-0.39, 0.29) is 23.8 Å². The summed E-state index contributed by atoms with van der Waals surface area (Å²) in [6.45, 7) is 6.69. The number of nitrogens with one attached hydrogen (secondary N) is 2. The molecule has 6 nitrogen and oxygen atoms in total. The molecule has 38 heavy (non-hydrogen) atoms. The zero-order chi connectivity index (χ0) is 26.2. The van der Waals surface area contributed by atoms with Crippen LogP contribution in [-0.4, -0.2) is 55.1 Å². The van der Waals surface area contributed by atoms with Gasteiger partial charge in [-0.1, -0.05) is 77.9 Å². The number of likely N-dealkylation sites (tertiary alicyclic amines) is 2. The average Bonchev–Trinajstić information content (AvgIpc) is 3.54. The number of nitrogens with zero attached hydrogens (tertiary/aromatic N) is 3. The smallest absolute Gasteiger partial charge is 0.250 e. The summed E-state index contributed by atoms with van der Waals surface area (Å²) in [4.78, 5) is 19.2. The Bertz CT molecular complexity index is 1450. The maximum absolute atomic E-state index is 14.4. The van der Waals surface area contributed by atoms with Gasteiger partial charge >= 0.3 is 0 Å². The molecule has 0 radical (unpaired) electrons. The molecule has 5 atom stereocenters. The predicted molar refractivity (Wildman–Crippen MR) is 151 cm³/mol. The van der Waals surface area contributed by atoms with Crippen LogP contribution in [0.1, 0.15) is 39.8 Å². The van der Waals surface area contributed by atoms with Crippen LogP contribution in [0, 0.1) is 25.2 Å². The molecule has 1 amide bonds. The fourth-order valence-corrected chi connectivity index (χ4v) is 8.08. The molecular formula is C32H35N5O. The van der Waals surface area contributed by atoms with Crippen molar-refractivity contribution in [2.24, 2.45) is 16.4 Å². The summed E-state index contributed by atoms with van der Waals surface area (Å²) >= 11 is 0. The molecule has 2 saturated heterocycles. The van der Waals surface area contributed by atoms with Crippen LogP contribution in [0.3, 0.4) is 0 Å². The molecule has 2 N–H and O–H groups in total. The third-order valence-electron chi connectivity index (χ3n) is 9.64. The number of amides is 1. The second-order valence-corrected chi connectivity index (χ2v) is 11.8. The summed E-state index contributed by atoms with van der Waals surface area (Å²) in [5, 5.41) is 8.48. The first-order valence-corrected chi connectivity index (χ1v) is 13.6. The van der Waals surface area contributed by atoms with Gasteiger partial charge in [-0.3, -0.25) is 9.69 Å². The van der Waals surface area contributed by atoms with Crippen LogP contribution in [0.2, 0.25) is 0 Å². The lowest BCUT2D eigenvalue weighted by Gasteiger charge is -2.53. The quantitative estimate of drug-likeness (QED) is 0.541. The summed E-state index contributed by atoms with van der Waals surface area (Å²) in [6, 6.07) is 26.1. The Morgan fingerprint density at radius 2 is 1.53 bits per heavy atom. The van der Waals surface area contributed by atoms with Crippen LogP contribution in [0.4, 0.5) is 5.69 Å². The minimum atomic E-state index is -0.852. The molecule has 4 aliphatic rings. The topological polar surface area (TPSA) is 60.0 Å². The Hall–Kier alpha value is -3.48. The number of hydrogen-bond donors (Lipinski definition) is 2. The molecule has 2 fully saturated rings. The normalized spacial score (nSPS) is 32.3. The molecular weight excluding hydrogens is 470 g/mol. The van der Waals surface area contributed by atoms with E-state index >= 15 is 0 Å². The highest BCUT2D eigenvalue weighted by Gasteiger charge is 2.74. The Morgan fingerprint density at radius 1 is 0.868 bits per heavy atom. The van der Waals surface area contributed by atoms with E-state index in [0.717, 1.165) is 36.6 Å². The van der Waals surface area contributed by atoms with Crippen molar-refractivity contribution < 1.29 is 4.79 Å². The van der Waals surface area contributed by atoms with Gasteiger partial charge in [-0.15, -0.1) is 0 Å². The van der Waals surface area contributed by atoms with Crippen molar-refractivity contribution in [3.05, 3.63) is 101 Å². The molecule has 6 heteroatoms. The second kappa shape index (κ2) is 8.26. The molecule has 7 rings (SSSR count). The highest BCUT2D eigenvalue weighted by Crippen LogP contribution is 2.65. The molecule has 0 saturated carbocycles. The number of hydrogen-bond acceptors (Lipinski definition) is 5. The van der Waals surface area contributed by atoms with Gasteiger partial charge < -0.3 is 15.6 Å². The third kappa shape index (κ3) is 2.96. The van der Waals surface area contributed by atoms with Crippen molar-refractivity contribution in [1.29, 1.82) is 0 Å². The van der Waals surface area contributed by atoms with E-state index in [9.17, 15) is 4.79 Å². The standard InChI is InChI=1S/C32H35N5O/c1-20-9-13-22(14-10-20)26-18-37(4)32(25-7-5-6-8-27(25)33-30(32)38)31(26)19-36(3)17-24-28(34-35-29(24)31)23-15-11-21(2)12-16-23/h5-16,24,26,28,34H,17-19H2,1-4H3,(H,33,38)/t24?,26-,28?,31+,32+/m0/s1. The largest absolute Gasteiger partial charge is 0.324 e. The molecule has 194 valence electrons. The monoisotopic (exact) mass is 505 g/mol. The van der Waals surface area contributed by atoms with Crippen molar-refractivity contribution >= 4 is 17.3 Å². The van der Waals surface area contributed by atoms with Crippen molar-refractivity contribution in [1.82, 2.24) is 15.2 Å². The first kappa shape index (κ1) is 23.6. The maximum atomic E-state index is 14.4. The van der Waals surface area contributed by atoms with Crippen LogP contribution < -0.4 is 10.7 Å². The van der Waals surface area contributed by atoms with E-state index in [1.54, 1.807) is 0 Å². The molecule has 2 unspecified atom stereocenters. The van der Waals surface area contributed by atoms with Crippen LogP contribution in [-0.2, 0) is 10.3 Å². The molecule has 0 bridgehead atoms. The van der Waals surface area contributed by atoms with Crippen molar-refractivity contribution in [2.45, 2.75) is 31.3 Å². The molecule has 3 aromatic carbocycles. The van der Waals surface area contributed by atoms with E-state index in [1.165, 1.54) is 22.3 Å². The number of fused-ring (bicyclic) bond motifs is 5. The number of rotatable bonds is 2. The van der Waals surface area contributed by atoms with Crippen molar-refractivity contribution in [3.63, 3.8) is 0 Å². The summed E-state index contributed by atoms with van der Waals surface area (Å²) in [5.41, 5.74) is 10.3. The van der Waals surface area contributed by atoms with E-state index in [0.29, 0.717) is 0 Å². The third-order valence-corrected chi connectivity index (χ3v) is 9.64. The minimum Gasteiger partial charge on any atom is -0.324 e. The van der Waals surface area contributed by atoms with E-state index < -0.39 is 11.0 Å². The van der Waals surface area contributed by atoms with Gasteiger partial charge in [-0.25, -0.2) is 0 Å². The number of hydrazone groups is 1. The Morgan fingerprint density at radius 3 is 2.24 bits per heavy atom. The molecule has 4 heterocycles. The highest BCUT2D eigenvalue weighted by molar-refractivity contribution is 6.13. The van der Waals surface area contributed by atoms with Crippen LogP contribution in [0.15, 0.2) is 77.9 Å². The Labute approximate surface area is 224 Å². The summed E-state index contributed by atoms with van der Waals surface area (Å²) in [6.07, 6.45) is 0. The van der Waals surface area contributed by atoms with E-state index in [4.69, 9.17) is 5.10 Å². The Kier molecular flexibility index (Phi) is 5.13. The number of piperidine rings is 1. The van der Waals surface area contributed by atoms with E-state index in [2.05, 4.69) is 109 Å². The van der Waals surface area contributed by atoms with Gasteiger partial charge in [0.1, 0.15) is 5.54 Å². The first-order chi connectivity index (χ1) is 18.4. The lowest BCUT2D eigenvalue weighted by atomic mass is 9.54. The van der Waals surface area contributed by atoms with Gasteiger partial charge in [0.2, 0.25) is 0 Å². The zero-order valence-electron chi connectivity index (χ0n) is 22.5. The van der Waals surface area contributed by atoms with Crippen molar-refractivity contribution in [3.8, 4) is 0 Å². The first-order valence-electron chi connectivity index (χ1n) is 13.6. The van der Waals surface area contributed by atoms with Gasteiger partial charge in [0.05, 0.1) is 17.2 Å². The van der Waals surface area contributed by atoms with Gasteiger partial charge in [-0.05, 0) is 45.1 Å². The summed E-state index contributed by atoms with van der Waals surface area (Å²) < 4.78 is 0. The van der Waals surface area contributed by atoms with Gasteiger partial charge in [0.25, 0.3) is 5.91 Å². The number of anilines is 1. The molecule has 0 aliphatic carbocycles. The van der Waals surface area contributed by atoms with Crippen LogP contribution in [0.5, 0.6) is 0 Å². The number of para-hydroxylation sites is 1. The summed E-state index contributed by atoms with van der Waals surface area (Å²) in [5.74, 6) is 0.326. The van der Waals surface area contributed by atoms with Crippen molar-refractivity contribution in [2.75, 3.05) is 39.0 Å². The Balaban J connectivity index is 1.47. The van der Waals surface area contributed by atoms with Crippen LogP contribution >= 0.6 is 0 Å². The molecule has 4 aliphatic heterocycles. The van der Waals surface area contributed by atoms with E-state index in [1.807, 2.05) is 12.1 Å². The minimum absolute atomic E-state index is 0.0614. The number of carbonyl (C=O) groups is 1. The molecule has 0 aromatic heterocycles. The lowest BCUT2D eigenvalue weighted by molar-refractivity contribution is -0.130. The lowest BCUT2D eigenvalue weighted by Crippen LogP contribution is -2.66. The van der Waals surface area contributed by atoms with Gasteiger partial charge in [0.15, 0.2) is 0 Å². The second-order valence-electron chi connectivity index (χ2n) is 11.8. The number of aryl methyl sites for hydroxylation is 2. The number of carbonyl (C=O) groups excluding carboxylic acids is 1. The van der Waals surface area contributed by atoms with Crippen LogP contribution in [0.25, 0.3) is 0 Å². The fraction of sp³-hybridized carbons (Fsp3) is 0.375.